The largest absolute Gasteiger partial charge is 0.507 e. The van der Waals surface area contributed by atoms with E-state index in [0.29, 0.717) is 31.7 Å². The molecular formula is C20H21FN2O4. The van der Waals surface area contributed by atoms with Gasteiger partial charge in [-0.05, 0) is 37.1 Å². The summed E-state index contributed by atoms with van der Waals surface area (Å²) in [7, 11) is 1.48. The van der Waals surface area contributed by atoms with E-state index < -0.39 is 5.82 Å². The van der Waals surface area contributed by atoms with Crippen molar-refractivity contribution in [2.75, 3.05) is 20.2 Å². The van der Waals surface area contributed by atoms with Gasteiger partial charge >= 0.3 is 0 Å². The molecule has 1 heterocycles. The number of methoxy groups -OCH3 is 1. The summed E-state index contributed by atoms with van der Waals surface area (Å²) in [5.41, 5.74) is 0.226. The first kappa shape index (κ1) is 18.7. The number of phenolic OH excluding ortho intramolecular Hbond substituents is 1. The summed E-state index contributed by atoms with van der Waals surface area (Å²) in [6.45, 7) is 0.847. The number of nitrogens with one attached hydrogen (secondary N) is 1. The quantitative estimate of drug-likeness (QED) is 0.865. The van der Waals surface area contributed by atoms with Crippen molar-refractivity contribution < 1.29 is 23.8 Å². The molecule has 2 N–H and O–H groups in total. The number of rotatable bonds is 4. The number of halogens is 1. The van der Waals surface area contributed by atoms with Crippen LogP contribution in [-0.2, 0) is 0 Å². The second-order valence-corrected chi connectivity index (χ2v) is 6.40. The van der Waals surface area contributed by atoms with Crippen molar-refractivity contribution in [2.45, 2.75) is 18.9 Å². The van der Waals surface area contributed by atoms with Gasteiger partial charge in [-0.25, -0.2) is 4.39 Å². The molecule has 6 nitrogen and oxygen atoms in total. The summed E-state index contributed by atoms with van der Waals surface area (Å²) in [6.07, 6.45) is 1.12. The van der Waals surface area contributed by atoms with Gasteiger partial charge in [-0.15, -0.1) is 0 Å². The maximum atomic E-state index is 13.8. The molecule has 1 aliphatic heterocycles. The number of carbonyl (C=O) groups is 2. The SMILES string of the molecule is COc1ccc(C(=O)NC2CCN(C(=O)c3ccccc3F)CC2)c(O)c1. The molecule has 0 unspecified atom stereocenters. The van der Waals surface area contributed by atoms with Gasteiger partial charge < -0.3 is 20.1 Å². The highest BCUT2D eigenvalue weighted by molar-refractivity contribution is 5.97. The Morgan fingerprint density at radius 2 is 1.85 bits per heavy atom. The summed E-state index contributed by atoms with van der Waals surface area (Å²) in [4.78, 5) is 26.4. The Morgan fingerprint density at radius 1 is 1.15 bits per heavy atom. The van der Waals surface area contributed by atoms with Gasteiger partial charge in [0, 0.05) is 25.2 Å². The molecule has 0 aromatic heterocycles. The highest BCUT2D eigenvalue weighted by atomic mass is 19.1. The molecule has 0 bridgehead atoms. The van der Waals surface area contributed by atoms with Crippen LogP contribution in [0.3, 0.4) is 0 Å². The van der Waals surface area contributed by atoms with Crippen LogP contribution >= 0.6 is 0 Å². The fraction of sp³-hybridized carbons (Fsp3) is 0.300. The summed E-state index contributed by atoms with van der Waals surface area (Å²) in [6, 6.07) is 10.3. The normalized spacial score (nSPS) is 14.7. The van der Waals surface area contributed by atoms with E-state index >= 15 is 0 Å². The maximum absolute atomic E-state index is 13.8. The molecule has 0 radical (unpaired) electrons. The van der Waals surface area contributed by atoms with E-state index in [1.807, 2.05) is 0 Å². The molecule has 27 heavy (non-hydrogen) atoms. The Bertz CT molecular complexity index is 848. The van der Waals surface area contributed by atoms with E-state index in [1.54, 1.807) is 23.1 Å². The Labute approximate surface area is 156 Å². The van der Waals surface area contributed by atoms with E-state index in [4.69, 9.17) is 4.74 Å². The molecule has 0 aliphatic carbocycles. The van der Waals surface area contributed by atoms with E-state index in [1.165, 1.54) is 31.4 Å². The van der Waals surface area contributed by atoms with Crippen LogP contribution in [0.15, 0.2) is 42.5 Å². The third-order valence-corrected chi connectivity index (χ3v) is 4.67. The predicted octanol–water partition coefficient (Wildman–Crippen LogP) is 2.57. The number of amides is 2. The molecule has 1 fully saturated rings. The fourth-order valence-corrected chi connectivity index (χ4v) is 3.13. The molecule has 0 atom stereocenters. The van der Waals surface area contributed by atoms with Gasteiger partial charge in [-0.2, -0.15) is 0 Å². The number of hydrogen-bond acceptors (Lipinski definition) is 4. The van der Waals surface area contributed by atoms with Gasteiger partial charge in [0.15, 0.2) is 0 Å². The number of ether oxygens (including phenoxy) is 1. The molecule has 2 amide bonds. The first-order chi connectivity index (χ1) is 13.0. The van der Waals surface area contributed by atoms with Crippen LogP contribution in [0, 0.1) is 5.82 Å². The first-order valence-corrected chi connectivity index (χ1v) is 8.71. The third-order valence-electron chi connectivity index (χ3n) is 4.67. The lowest BCUT2D eigenvalue weighted by atomic mass is 10.0. The smallest absolute Gasteiger partial charge is 0.256 e. The fourth-order valence-electron chi connectivity index (χ4n) is 3.13. The van der Waals surface area contributed by atoms with Crippen LogP contribution in [-0.4, -0.2) is 48.1 Å². The van der Waals surface area contributed by atoms with Crippen LogP contribution in [0.4, 0.5) is 4.39 Å². The number of piperidine rings is 1. The van der Waals surface area contributed by atoms with Gasteiger partial charge in [-0.1, -0.05) is 12.1 Å². The van der Waals surface area contributed by atoms with E-state index in [0.717, 1.165) is 0 Å². The predicted molar refractivity (Wildman–Crippen MR) is 97.5 cm³/mol. The Hall–Kier alpha value is -3.09. The van der Waals surface area contributed by atoms with Gasteiger partial charge in [0.05, 0.1) is 18.2 Å². The van der Waals surface area contributed by atoms with Crippen molar-refractivity contribution >= 4 is 11.8 Å². The topological polar surface area (TPSA) is 78.9 Å². The number of phenols is 1. The van der Waals surface area contributed by atoms with Crippen LogP contribution in [0.1, 0.15) is 33.6 Å². The molecule has 2 aromatic rings. The van der Waals surface area contributed by atoms with Crippen LogP contribution in [0.2, 0.25) is 0 Å². The van der Waals surface area contributed by atoms with Crippen molar-refractivity contribution in [3.05, 3.63) is 59.4 Å². The average Bonchev–Trinajstić information content (AvgIpc) is 2.68. The molecule has 7 heteroatoms. The van der Waals surface area contributed by atoms with E-state index in [-0.39, 0.29) is 34.7 Å². The number of aromatic hydroxyl groups is 1. The number of benzene rings is 2. The monoisotopic (exact) mass is 372 g/mol. The summed E-state index contributed by atoms with van der Waals surface area (Å²) in [5, 5.41) is 12.8. The summed E-state index contributed by atoms with van der Waals surface area (Å²) < 4.78 is 18.8. The van der Waals surface area contributed by atoms with Crippen molar-refractivity contribution in [1.29, 1.82) is 0 Å². The van der Waals surface area contributed by atoms with Crippen LogP contribution in [0.5, 0.6) is 11.5 Å². The van der Waals surface area contributed by atoms with Gasteiger partial charge in [0.1, 0.15) is 17.3 Å². The number of nitrogens with zero attached hydrogens (tertiary/aromatic N) is 1. The zero-order valence-electron chi connectivity index (χ0n) is 14.9. The second-order valence-electron chi connectivity index (χ2n) is 6.40. The highest BCUT2D eigenvalue weighted by Gasteiger charge is 2.26. The van der Waals surface area contributed by atoms with E-state index in [2.05, 4.69) is 5.32 Å². The van der Waals surface area contributed by atoms with Crippen LogP contribution in [0.25, 0.3) is 0 Å². The minimum Gasteiger partial charge on any atom is -0.507 e. The van der Waals surface area contributed by atoms with Gasteiger partial charge in [0.25, 0.3) is 11.8 Å². The first-order valence-electron chi connectivity index (χ1n) is 8.71. The van der Waals surface area contributed by atoms with Gasteiger partial charge in [0.2, 0.25) is 0 Å². The lowest BCUT2D eigenvalue weighted by Crippen LogP contribution is -2.46. The number of likely N-dealkylation sites (tertiary alicyclic amines) is 1. The molecule has 0 saturated carbocycles. The lowest BCUT2D eigenvalue weighted by Gasteiger charge is -2.32. The second kappa shape index (κ2) is 8.07. The van der Waals surface area contributed by atoms with Crippen LogP contribution < -0.4 is 10.1 Å². The van der Waals surface area contributed by atoms with Crippen molar-refractivity contribution in [2.24, 2.45) is 0 Å². The van der Waals surface area contributed by atoms with Gasteiger partial charge in [-0.3, -0.25) is 9.59 Å². The Morgan fingerprint density at radius 3 is 2.48 bits per heavy atom. The number of hydrogen-bond donors (Lipinski definition) is 2. The minimum absolute atomic E-state index is 0.0585. The molecule has 1 aliphatic rings. The van der Waals surface area contributed by atoms with Crippen molar-refractivity contribution in [1.82, 2.24) is 10.2 Å². The lowest BCUT2D eigenvalue weighted by molar-refractivity contribution is 0.0693. The highest BCUT2D eigenvalue weighted by Crippen LogP contribution is 2.24. The molecule has 1 saturated heterocycles. The summed E-state index contributed by atoms with van der Waals surface area (Å²) >= 11 is 0. The molecular weight excluding hydrogens is 351 g/mol. The maximum Gasteiger partial charge on any atom is 0.256 e. The standard InChI is InChI=1S/C20H21FN2O4/c1-27-14-6-7-16(18(24)12-14)19(25)22-13-8-10-23(11-9-13)20(26)15-4-2-3-5-17(15)21/h2-7,12-13,24H,8-11H2,1H3,(H,22,25). The minimum atomic E-state index is -0.534. The van der Waals surface area contributed by atoms with Crippen molar-refractivity contribution in [3.8, 4) is 11.5 Å². The van der Waals surface area contributed by atoms with E-state index in [9.17, 15) is 19.1 Å². The average molecular weight is 372 g/mol. The summed E-state index contributed by atoms with van der Waals surface area (Å²) in [5.74, 6) is -0.948. The third kappa shape index (κ3) is 4.19. The van der Waals surface area contributed by atoms with Crippen molar-refractivity contribution in [3.63, 3.8) is 0 Å². The zero-order chi connectivity index (χ0) is 19.4. The molecule has 0 spiro atoms. The zero-order valence-corrected chi connectivity index (χ0v) is 14.9. The Kier molecular flexibility index (Phi) is 5.59. The molecule has 2 aromatic carbocycles. The Balaban J connectivity index is 1.57. The number of carbonyl (C=O) groups excluding carboxylic acids is 2. The molecule has 3 rings (SSSR count). The molecule has 142 valence electrons.